The predicted octanol–water partition coefficient (Wildman–Crippen LogP) is 1.88. The molecular weight excluding hydrogens is 310 g/mol. The molecule has 3 rings (SSSR count). The maximum atomic E-state index is 12.9. The maximum Gasteiger partial charge on any atom is 0.277 e. The van der Waals surface area contributed by atoms with Crippen LogP contribution in [0.4, 0.5) is 0 Å². The Morgan fingerprint density at radius 3 is 2.39 bits per heavy atom. The lowest BCUT2D eigenvalue weighted by atomic mass is 10.1. The van der Waals surface area contributed by atoms with Gasteiger partial charge < -0.3 is 9.80 Å². The Balaban J connectivity index is 1.95. The number of carbonyl (C=O) groups excluding carboxylic acids is 2. The van der Waals surface area contributed by atoms with Crippen LogP contribution in [0.5, 0.6) is 0 Å². The zero-order valence-electron chi connectivity index (χ0n) is 13.7. The molecule has 6 heteroatoms. The molecule has 0 aliphatic carbocycles. The molecule has 0 unspecified atom stereocenters. The van der Waals surface area contributed by atoms with Gasteiger partial charge in [-0.15, -0.1) is 11.3 Å². The van der Waals surface area contributed by atoms with Gasteiger partial charge in [-0.1, -0.05) is 19.9 Å². The number of rotatable bonds is 5. The molecule has 1 aromatic rings. The molecule has 0 spiro atoms. The second-order valence-corrected chi connectivity index (χ2v) is 6.83. The summed E-state index contributed by atoms with van der Waals surface area (Å²) in [6.45, 7) is 9.14. The molecule has 0 radical (unpaired) electrons. The molecule has 23 heavy (non-hydrogen) atoms. The lowest BCUT2D eigenvalue weighted by molar-refractivity contribution is -0.137. The first-order valence-electron chi connectivity index (χ1n) is 8.29. The maximum absolute atomic E-state index is 12.9. The molecule has 0 bridgehead atoms. The summed E-state index contributed by atoms with van der Waals surface area (Å²) in [5.74, 6) is -0.252. The first-order valence-corrected chi connectivity index (χ1v) is 9.17. The van der Waals surface area contributed by atoms with E-state index in [9.17, 15) is 9.59 Å². The summed E-state index contributed by atoms with van der Waals surface area (Å²) in [7, 11) is 0. The van der Waals surface area contributed by atoms with Crippen LogP contribution < -0.4 is 0 Å². The first-order chi connectivity index (χ1) is 11.2. The van der Waals surface area contributed by atoms with E-state index in [0.29, 0.717) is 17.8 Å². The zero-order valence-corrected chi connectivity index (χ0v) is 14.6. The first kappa shape index (κ1) is 16.2. The van der Waals surface area contributed by atoms with Crippen molar-refractivity contribution in [1.82, 2.24) is 14.7 Å². The van der Waals surface area contributed by atoms with Gasteiger partial charge in [-0.25, -0.2) is 0 Å². The second kappa shape index (κ2) is 6.84. The van der Waals surface area contributed by atoms with Gasteiger partial charge in [0.2, 0.25) is 0 Å². The highest BCUT2D eigenvalue weighted by atomic mass is 32.1. The van der Waals surface area contributed by atoms with Crippen molar-refractivity contribution in [2.75, 3.05) is 39.3 Å². The number of hydrogen-bond acceptors (Lipinski definition) is 5. The smallest absolute Gasteiger partial charge is 0.277 e. The molecule has 0 aromatic carbocycles. The fourth-order valence-electron chi connectivity index (χ4n) is 3.21. The minimum Gasteiger partial charge on any atom is -0.364 e. The van der Waals surface area contributed by atoms with Crippen molar-refractivity contribution in [1.29, 1.82) is 0 Å². The van der Waals surface area contributed by atoms with E-state index < -0.39 is 0 Å². The van der Waals surface area contributed by atoms with E-state index in [0.717, 1.165) is 44.0 Å². The molecule has 2 amide bonds. The fraction of sp³-hybridized carbons (Fsp3) is 0.529. The highest BCUT2D eigenvalue weighted by Gasteiger charge is 2.41. The highest BCUT2D eigenvalue weighted by molar-refractivity contribution is 7.11. The molecule has 0 atom stereocenters. The van der Waals surface area contributed by atoms with Crippen molar-refractivity contribution in [3.8, 4) is 0 Å². The van der Waals surface area contributed by atoms with E-state index in [1.54, 1.807) is 0 Å². The Morgan fingerprint density at radius 2 is 1.83 bits per heavy atom. The van der Waals surface area contributed by atoms with Crippen LogP contribution in [0.3, 0.4) is 0 Å². The minimum atomic E-state index is -0.132. The molecule has 124 valence electrons. The van der Waals surface area contributed by atoms with Crippen molar-refractivity contribution < 1.29 is 9.59 Å². The Bertz CT molecular complexity index is 616. The molecule has 1 saturated heterocycles. The van der Waals surface area contributed by atoms with E-state index in [2.05, 4.69) is 16.7 Å². The van der Waals surface area contributed by atoms with Crippen molar-refractivity contribution in [3.63, 3.8) is 0 Å². The third kappa shape index (κ3) is 2.93. The monoisotopic (exact) mass is 333 g/mol. The quantitative estimate of drug-likeness (QED) is 0.772. The fourth-order valence-corrected chi connectivity index (χ4v) is 3.98. The Hall–Kier alpha value is -1.66. The Labute approximate surface area is 141 Å². The number of nitrogens with zero attached hydrogens (tertiary/aromatic N) is 3. The molecule has 0 N–H and O–H groups in total. The van der Waals surface area contributed by atoms with Crippen LogP contribution in [-0.2, 0) is 9.59 Å². The average Bonchev–Trinajstić information content (AvgIpc) is 3.17. The molecule has 1 fully saturated rings. The van der Waals surface area contributed by atoms with Crippen LogP contribution in [0, 0.1) is 0 Å². The van der Waals surface area contributed by atoms with Crippen LogP contribution in [0.2, 0.25) is 0 Å². The van der Waals surface area contributed by atoms with Gasteiger partial charge in [0, 0.05) is 37.6 Å². The summed E-state index contributed by atoms with van der Waals surface area (Å²) in [6.07, 6.45) is 0.784. The van der Waals surface area contributed by atoms with Gasteiger partial charge in [-0.2, -0.15) is 0 Å². The van der Waals surface area contributed by atoms with Crippen molar-refractivity contribution in [3.05, 3.63) is 28.1 Å². The van der Waals surface area contributed by atoms with Gasteiger partial charge in [0.1, 0.15) is 5.70 Å². The standard InChI is InChI=1S/C17H23N3O2S/c1-3-7-20-16(21)14(13-6-5-12-23-13)15(17(20)22)19-10-8-18(4-2)9-11-19/h5-6,12H,3-4,7-11H2,1-2H3. The summed E-state index contributed by atoms with van der Waals surface area (Å²) in [5.41, 5.74) is 1.21. The summed E-state index contributed by atoms with van der Waals surface area (Å²) in [5, 5.41) is 1.95. The molecular formula is C17H23N3O2S. The molecule has 1 aromatic heterocycles. The average molecular weight is 333 g/mol. The van der Waals surface area contributed by atoms with Crippen LogP contribution in [0.1, 0.15) is 25.1 Å². The summed E-state index contributed by atoms with van der Waals surface area (Å²) >= 11 is 1.52. The third-order valence-electron chi connectivity index (χ3n) is 4.49. The number of thiophene rings is 1. The Kier molecular flexibility index (Phi) is 4.82. The normalized spacial score (nSPS) is 20.1. The number of amides is 2. The molecule has 5 nitrogen and oxygen atoms in total. The van der Waals surface area contributed by atoms with Crippen LogP contribution in [0.25, 0.3) is 5.57 Å². The van der Waals surface area contributed by atoms with Crippen molar-refractivity contribution in [2.24, 2.45) is 0 Å². The van der Waals surface area contributed by atoms with Gasteiger partial charge in [0.15, 0.2) is 0 Å². The van der Waals surface area contributed by atoms with Gasteiger partial charge in [-0.3, -0.25) is 14.5 Å². The van der Waals surface area contributed by atoms with Crippen LogP contribution in [-0.4, -0.2) is 65.8 Å². The lowest BCUT2D eigenvalue weighted by Gasteiger charge is -2.35. The number of carbonyl (C=O) groups is 2. The molecule has 0 saturated carbocycles. The molecule has 3 heterocycles. The van der Waals surface area contributed by atoms with Gasteiger partial charge >= 0.3 is 0 Å². The number of hydrogen-bond donors (Lipinski definition) is 0. The third-order valence-corrected chi connectivity index (χ3v) is 5.38. The second-order valence-electron chi connectivity index (χ2n) is 5.88. The van der Waals surface area contributed by atoms with E-state index >= 15 is 0 Å². The Morgan fingerprint density at radius 1 is 1.09 bits per heavy atom. The number of piperazine rings is 1. The highest BCUT2D eigenvalue weighted by Crippen LogP contribution is 2.34. The number of likely N-dealkylation sites (N-methyl/N-ethyl adjacent to an activating group) is 1. The van der Waals surface area contributed by atoms with Crippen molar-refractivity contribution >= 4 is 28.7 Å². The predicted molar refractivity (Wildman–Crippen MR) is 91.9 cm³/mol. The van der Waals surface area contributed by atoms with Crippen LogP contribution >= 0.6 is 11.3 Å². The largest absolute Gasteiger partial charge is 0.364 e. The van der Waals surface area contributed by atoms with Gasteiger partial charge in [0.25, 0.3) is 11.8 Å². The zero-order chi connectivity index (χ0) is 16.4. The summed E-state index contributed by atoms with van der Waals surface area (Å²) in [6, 6.07) is 3.86. The topological polar surface area (TPSA) is 43.9 Å². The van der Waals surface area contributed by atoms with E-state index in [1.807, 2.05) is 24.4 Å². The lowest BCUT2D eigenvalue weighted by Crippen LogP contribution is -2.47. The SMILES string of the molecule is CCCN1C(=O)C(c2cccs2)=C(N2CCN(CC)CC2)C1=O. The van der Waals surface area contributed by atoms with Crippen molar-refractivity contribution in [2.45, 2.75) is 20.3 Å². The molecule has 2 aliphatic heterocycles. The van der Waals surface area contributed by atoms with Gasteiger partial charge in [-0.05, 0) is 24.4 Å². The van der Waals surface area contributed by atoms with E-state index in [4.69, 9.17) is 0 Å². The van der Waals surface area contributed by atoms with Gasteiger partial charge in [0.05, 0.1) is 5.57 Å². The number of imide groups is 1. The summed E-state index contributed by atoms with van der Waals surface area (Å²) < 4.78 is 0. The van der Waals surface area contributed by atoms with E-state index in [1.165, 1.54) is 16.2 Å². The van der Waals surface area contributed by atoms with E-state index in [-0.39, 0.29) is 11.8 Å². The minimum absolute atomic E-state index is 0.120. The molecule has 2 aliphatic rings. The van der Waals surface area contributed by atoms with Crippen LogP contribution in [0.15, 0.2) is 23.2 Å². The summed E-state index contributed by atoms with van der Waals surface area (Å²) in [4.78, 5) is 32.4.